The first-order valence-corrected chi connectivity index (χ1v) is 3.17. The van der Waals surface area contributed by atoms with Crippen molar-refractivity contribution in [2.75, 3.05) is 19.5 Å². The van der Waals surface area contributed by atoms with Crippen LogP contribution in [0.1, 0.15) is 0 Å². The summed E-state index contributed by atoms with van der Waals surface area (Å²) in [6, 6.07) is 0. The van der Waals surface area contributed by atoms with Gasteiger partial charge in [-0.2, -0.15) is 12.6 Å². The molecule has 0 amide bonds. The molecule has 0 rings (SSSR count). The molecule has 0 aromatic heterocycles. The second-order valence-corrected chi connectivity index (χ2v) is 1.71. The number of hydrogen-bond donors (Lipinski definition) is 1. The van der Waals surface area contributed by atoms with Crippen molar-refractivity contribution in [3.8, 4) is 0 Å². The number of thiol groups is 1. The van der Waals surface area contributed by atoms with Crippen LogP contribution in [0.5, 0.6) is 0 Å². The summed E-state index contributed by atoms with van der Waals surface area (Å²) in [7, 11) is 1.22. The molecular weight excluding hydrogens is 275 g/mol. The Bertz CT molecular complexity index is 122. The van der Waals surface area contributed by atoms with Gasteiger partial charge in [0.1, 0.15) is 0 Å². The number of carbonyl (C=O) groups is 2. The van der Waals surface area contributed by atoms with Gasteiger partial charge in [0, 0.05) is 0 Å². The molecule has 6 heteroatoms. The van der Waals surface area contributed by atoms with Gasteiger partial charge in [0.2, 0.25) is 0 Å². The molecule has 0 bridgehead atoms. The Hall–Kier alpha value is 0.0887. The third-order valence-electron chi connectivity index (χ3n) is 0.708. The first kappa shape index (κ1) is 13.7. The van der Waals surface area contributed by atoms with Crippen molar-refractivity contribution in [3.05, 3.63) is 0 Å². The standard InChI is InChI=1S/C5H8O4S.Sn.2H/c1-8-4(6)2-9-5(7)3-10;;;/h10H,2-3H2,1H3;;;. The Kier molecular flexibility index (Phi) is 10.2. The molecular formula is C5H10O4SSn. The van der Waals surface area contributed by atoms with Gasteiger partial charge in [0.05, 0.1) is 12.9 Å². The summed E-state index contributed by atoms with van der Waals surface area (Å²) in [4.78, 5) is 20.6. The summed E-state index contributed by atoms with van der Waals surface area (Å²) in [6.07, 6.45) is 0. The van der Waals surface area contributed by atoms with Gasteiger partial charge in [0.25, 0.3) is 0 Å². The van der Waals surface area contributed by atoms with Crippen LogP contribution in [0.25, 0.3) is 0 Å². The van der Waals surface area contributed by atoms with E-state index < -0.39 is 11.9 Å². The minimum atomic E-state index is -0.574. The second kappa shape index (κ2) is 8.19. The Morgan fingerprint density at radius 2 is 1.91 bits per heavy atom. The minimum absolute atomic E-state index is 0. The zero-order valence-electron chi connectivity index (χ0n) is 6.20. The third-order valence-corrected chi connectivity index (χ3v) is 0.966. The van der Waals surface area contributed by atoms with Gasteiger partial charge in [-0.3, -0.25) is 4.79 Å². The molecule has 0 spiro atoms. The van der Waals surface area contributed by atoms with E-state index in [-0.39, 0.29) is 36.3 Å². The first-order valence-electron chi connectivity index (χ1n) is 2.54. The molecule has 0 saturated heterocycles. The monoisotopic (exact) mass is 286 g/mol. The molecule has 0 fully saturated rings. The molecule has 0 atom stereocenters. The molecule has 0 N–H and O–H groups in total. The Morgan fingerprint density at radius 1 is 1.36 bits per heavy atom. The molecule has 0 aromatic rings. The maximum absolute atomic E-state index is 10.3. The number of ether oxygens (including phenoxy) is 2. The summed E-state index contributed by atoms with van der Waals surface area (Å²) < 4.78 is 8.56. The maximum atomic E-state index is 10.3. The predicted molar refractivity (Wildman–Crippen MR) is 45.4 cm³/mol. The fourth-order valence-corrected chi connectivity index (χ4v) is 0.335. The number of methoxy groups -OCH3 is 1. The van der Waals surface area contributed by atoms with E-state index in [0.717, 1.165) is 0 Å². The molecule has 0 heterocycles. The average Bonchev–Trinajstić information content (AvgIpc) is 1.99. The summed E-state index contributed by atoms with van der Waals surface area (Å²) >= 11 is 3.62. The van der Waals surface area contributed by atoms with Crippen molar-refractivity contribution in [1.82, 2.24) is 0 Å². The first-order chi connectivity index (χ1) is 4.70. The molecule has 0 aromatic carbocycles. The Balaban J connectivity index is 0. The van der Waals surface area contributed by atoms with Gasteiger partial charge < -0.3 is 9.47 Å². The molecule has 0 aliphatic heterocycles. The third kappa shape index (κ3) is 7.99. The fraction of sp³-hybridized carbons (Fsp3) is 0.600. The molecule has 0 saturated carbocycles. The predicted octanol–water partition coefficient (Wildman–Crippen LogP) is -1.28. The van der Waals surface area contributed by atoms with Crippen LogP contribution in [-0.4, -0.2) is 55.3 Å². The van der Waals surface area contributed by atoms with E-state index in [1.165, 1.54) is 7.11 Å². The SMILES string of the molecule is COC(=O)COC(=O)CS.[SnH2]. The number of hydrogen-bond acceptors (Lipinski definition) is 5. The Morgan fingerprint density at radius 3 is 2.27 bits per heavy atom. The zero-order valence-corrected chi connectivity index (χ0v) is 11.1. The number of rotatable bonds is 3. The normalized spacial score (nSPS) is 7.82. The molecule has 0 aliphatic carbocycles. The Labute approximate surface area is 87.0 Å². The number of esters is 2. The van der Waals surface area contributed by atoms with Gasteiger partial charge in [-0.05, 0) is 0 Å². The van der Waals surface area contributed by atoms with Crippen molar-refractivity contribution in [1.29, 1.82) is 0 Å². The number of carbonyl (C=O) groups excluding carboxylic acids is 2. The van der Waals surface area contributed by atoms with Gasteiger partial charge in [-0.1, -0.05) is 0 Å². The van der Waals surface area contributed by atoms with Crippen molar-refractivity contribution in [2.24, 2.45) is 0 Å². The van der Waals surface area contributed by atoms with Crippen LogP contribution in [0.15, 0.2) is 0 Å². The van der Waals surface area contributed by atoms with E-state index in [0.29, 0.717) is 0 Å². The zero-order chi connectivity index (χ0) is 7.98. The van der Waals surface area contributed by atoms with Crippen molar-refractivity contribution >= 4 is 48.5 Å². The van der Waals surface area contributed by atoms with Gasteiger partial charge in [-0.15, -0.1) is 0 Å². The molecule has 64 valence electrons. The summed E-state index contributed by atoms with van der Waals surface area (Å²) in [5.41, 5.74) is 0. The van der Waals surface area contributed by atoms with Gasteiger partial charge >= 0.3 is 35.8 Å². The summed E-state index contributed by atoms with van der Waals surface area (Å²) in [5.74, 6) is -1.14. The van der Waals surface area contributed by atoms with Crippen molar-refractivity contribution < 1.29 is 19.1 Å². The van der Waals surface area contributed by atoms with Crippen molar-refractivity contribution in [3.63, 3.8) is 0 Å². The topological polar surface area (TPSA) is 52.6 Å². The van der Waals surface area contributed by atoms with E-state index in [9.17, 15) is 9.59 Å². The van der Waals surface area contributed by atoms with Gasteiger partial charge in [-0.25, -0.2) is 4.79 Å². The van der Waals surface area contributed by atoms with E-state index in [1.807, 2.05) is 0 Å². The van der Waals surface area contributed by atoms with E-state index in [1.54, 1.807) is 0 Å². The summed E-state index contributed by atoms with van der Waals surface area (Å²) in [5, 5.41) is 0. The summed E-state index contributed by atoms with van der Waals surface area (Å²) in [6.45, 7) is -0.337. The van der Waals surface area contributed by atoms with Crippen LogP contribution in [0.4, 0.5) is 0 Å². The quantitative estimate of drug-likeness (QED) is 0.398. The molecule has 4 nitrogen and oxygen atoms in total. The average molecular weight is 285 g/mol. The van der Waals surface area contributed by atoms with Crippen LogP contribution >= 0.6 is 12.6 Å². The van der Waals surface area contributed by atoms with Gasteiger partial charge in [0.15, 0.2) is 6.61 Å². The van der Waals surface area contributed by atoms with Crippen LogP contribution in [0.2, 0.25) is 0 Å². The van der Waals surface area contributed by atoms with E-state index >= 15 is 0 Å². The van der Waals surface area contributed by atoms with Crippen LogP contribution < -0.4 is 0 Å². The van der Waals surface area contributed by atoms with E-state index in [4.69, 9.17) is 0 Å². The second-order valence-electron chi connectivity index (χ2n) is 1.39. The van der Waals surface area contributed by atoms with Crippen LogP contribution in [-0.2, 0) is 19.1 Å². The van der Waals surface area contributed by atoms with Crippen LogP contribution in [0.3, 0.4) is 0 Å². The van der Waals surface area contributed by atoms with E-state index in [2.05, 4.69) is 22.1 Å². The molecule has 11 heavy (non-hydrogen) atoms. The molecule has 2 radical (unpaired) electrons. The molecule has 0 aliphatic rings. The van der Waals surface area contributed by atoms with Crippen molar-refractivity contribution in [2.45, 2.75) is 0 Å². The fourth-order valence-electron chi connectivity index (χ4n) is 0.244. The van der Waals surface area contributed by atoms with Crippen LogP contribution in [0, 0.1) is 0 Å². The molecule has 0 unspecified atom stereocenters.